The van der Waals surface area contributed by atoms with Crippen molar-refractivity contribution in [3.8, 4) is 67.0 Å². The second-order valence-corrected chi connectivity index (χ2v) is 18.4. The molecule has 2 heterocycles. The van der Waals surface area contributed by atoms with Crippen molar-refractivity contribution >= 4 is 75.9 Å². The van der Waals surface area contributed by atoms with E-state index in [4.69, 9.17) is 0 Å². The molecule has 68 heavy (non-hydrogen) atoms. The van der Waals surface area contributed by atoms with Gasteiger partial charge in [0.15, 0.2) is 0 Å². The van der Waals surface area contributed by atoms with Crippen LogP contribution in [0.15, 0.2) is 243 Å². The van der Waals surface area contributed by atoms with Crippen molar-refractivity contribution in [2.75, 3.05) is 0 Å². The molecule has 0 amide bonds. The number of rotatable bonds is 5. The highest BCUT2D eigenvalue weighted by atomic mass is 15.0. The first-order chi connectivity index (χ1) is 33.7. The molecule has 0 aliphatic heterocycles. The zero-order chi connectivity index (χ0) is 44.5. The molecule has 0 fully saturated rings. The second-order valence-electron chi connectivity index (χ2n) is 18.4. The van der Waals surface area contributed by atoms with Crippen LogP contribution in [0.3, 0.4) is 0 Å². The molecule has 2 heteroatoms. The summed E-state index contributed by atoms with van der Waals surface area (Å²) in [5.74, 6) is 0. The minimum atomic E-state index is 1.15. The maximum Gasteiger partial charge on any atom is 0.0547 e. The minimum absolute atomic E-state index is 1.15. The van der Waals surface area contributed by atoms with Crippen LogP contribution in [0.1, 0.15) is 0 Å². The van der Waals surface area contributed by atoms with Crippen LogP contribution < -0.4 is 0 Å². The lowest BCUT2D eigenvalue weighted by Crippen LogP contribution is -1.94. The Morgan fingerprint density at radius 3 is 1.31 bits per heavy atom. The summed E-state index contributed by atoms with van der Waals surface area (Å²) in [5, 5.41) is 12.7. The van der Waals surface area contributed by atoms with E-state index in [1.165, 1.54) is 132 Å². The minimum Gasteiger partial charge on any atom is -0.309 e. The average Bonchev–Trinajstić information content (AvgIpc) is 4.04. The van der Waals surface area contributed by atoms with Crippen LogP contribution >= 0.6 is 0 Å². The maximum absolute atomic E-state index is 2.44. The number of aromatic nitrogens is 2. The molecule has 0 spiro atoms. The van der Waals surface area contributed by atoms with Crippen LogP contribution in [-0.2, 0) is 0 Å². The van der Waals surface area contributed by atoms with E-state index < -0.39 is 0 Å². The highest BCUT2D eigenvalue weighted by molar-refractivity contribution is 6.30. The number of nitrogens with zero attached hydrogens (tertiary/aromatic N) is 2. The molecule has 0 radical (unpaired) electrons. The first kappa shape index (κ1) is 37.3. The summed E-state index contributed by atoms with van der Waals surface area (Å²) in [6, 6.07) is 90.3. The quantitative estimate of drug-likeness (QED) is 0.153. The van der Waals surface area contributed by atoms with Gasteiger partial charge in [-0.25, -0.2) is 0 Å². The molecule has 12 aromatic carbocycles. The molecule has 0 unspecified atom stereocenters. The van der Waals surface area contributed by atoms with Gasteiger partial charge in [0.05, 0.1) is 22.1 Å². The Balaban J connectivity index is 1.02. The van der Waals surface area contributed by atoms with E-state index in [-0.39, 0.29) is 0 Å². The fourth-order valence-corrected chi connectivity index (χ4v) is 11.8. The normalized spacial score (nSPS) is 12.1. The predicted octanol–water partition coefficient (Wildman–Crippen LogP) is 18.0. The molecule has 1 aliphatic rings. The summed E-state index contributed by atoms with van der Waals surface area (Å²) in [6.45, 7) is 0. The molecule has 15 rings (SSSR count). The standard InChI is InChI=1S/C66H40N2/c1-3-17-48(18-4-1)67-60-25-13-11-23-53(60)55-30-28-42(39-62(55)67)45-35-46(43-29-31-56-54-24-12-14-26-61(54)68(63(56)40-43)49-19-5-2-6-20-49)37-47(36-45)52-33-34-58-64-50-21-9-7-15-41(50)27-32-57(64)59-38-44-16-8-10-22-51(44)65(52)66(58)59/h1-40H. The fourth-order valence-electron chi connectivity index (χ4n) is 11.8. The van der Waals surface area contributed by atoms with Crippen molar-refractivity contribution in [1.29, 1.82) is 0 Å². The van der Waals surface area contributed by atoms with Gasteiger partial charge in [-0.1, -0.05) is 170 Å². The van der Waals surface area contributed by atoms with Gasteiger partial charge in [0, 0.05) is 32.9 Å². The fraction of sp³-hybridized carbons (Fsp3) is 0. The molecule has 0 saturated carbocycles. The zero-order valence-corrected chi connectivity index (χ0v) is 37.0. The summed E-state index contributed by atoms with van der Waals surface area (Å²) < 4.78 is 4.85. The highest BCUT2D eigenvalue weighted by Gasteiger charge is 2.27. The molecular formula is C66H40N2. The third-order valence-electron chi connectivity index (χ3n) is 14.8. The highest BCUT2D eigenvalue weighted by Crippen LogP contribution is 2.54. The smallest absolute Gasteiger partial charge is 0.0547 e. The Hall–Kier alpha value is -8.98. The monoisotopic (exact) mass is 860 g/mol. The lowest BCUT2D eigenvalue weighted by atomic mass is 9.87. The van der Waals surface area contributed by atoms with E-state index in [9.17, 15) is 0 Å². The third-order valence-corrected chi connectivity index (χ3v) is 14.8. The summed E-state index contributed by atoms with van der Waals surface area (Å²) in [4.78, 5) is 0. The van der Waals surface area contributed by atoms with Gasteiger partial charge in [0.25, 0.3) is 0 Å². The molecule has 2 nitrogen and oxygen atoms in total. The first-order valence-corrected chi connectivity index (χ1v) is 23.6. The van der Waals surface area contributed by atoms with Crippen molar-refractivity contribution in [2.45, 2.75) is 0 Å². The van der Waals surface area contributed by atoms with Gasteiger partial charge < -0.3 is 9.13 Å². The van der Waals surface area contributed by atoms with Gasteiger partial charge in [-0.05, 0) is 161 Å². The zero-order valence-electron chi connectivity index (χ0n) is 37.0. The summed E-state index contributed by atoms with van der Waals surface area (Å²) in [6.07, 6.45) is 0. The van der Waals surface area contributed by atoms with Crippen LogP contribution in [0, 0.1) is 0 Å². The Morgan fingerprint density at radius 2 is 0.691 bits per heavy atom. The predicted molar refractivity (Wildman–Crippen MR) is 288 cm³/mol. The van der Waals surface area contributed by atoms with E-state index in [0.717, 1.165) is 11.4 Å². The third kappa shape index (κ3) is 5.34. The Bertz CT molecular complexity index is 4240. The molecule has 0 atom stereocenters. The number of para-hydroxylation sites is 4. The molecule has 314 valence electrons. The lowest BCUT2D eigenvalue weighted by molar-refractivity contribution is 1.18. The van der Waals surface area contributed by atoms with Crippen molar-refractivity contribution < 1.29 is 0 Å². The Labute approximate surface area is 392 Å². The van der Waals surface area contributed by atoms with Crippen molar-refractivity contribution in [2.24, 2.45) is 0 Å². The van der Waals surface area contributed by atoms with Crippen LogP contribution in [0.5, 0.6) is 0 Å². The van der Waals surface area contributed by atoms with Crippen molar-refractivity contribution in [3.05, 3.63) is 243 Å². The topological polar surface area (TPSA) is 9.86 Å². The molecule has 0 saturated heterocycles. The van der Waals surface area contributed by atoms with Crippen LogP contribution in [0.25, 0.3) is 143 Å². The van der Waals surface area contributed by atoms with Gasteiger partial charge in [0.2, 0.25) is 0 Å². The number of hydrogen-bond donors (Lipinski definition) is 0. The van der Waals surface area contributed by atoms with E-state index in [2.05, 4.69) is 252 Å². The van der Waals surface area contributed by atoms with Gasteiger partial charge >= 0.3 is 0 Å². The Morgan fingerprint density at radius 1 is 0.221 bits per heavy atom. The number of hydrogen-bond acceptors (Lipinski definition) is 0. The summed E-state index contributed by atoms with van der Waals surface area (Å²) in [7, 11) is 0. The van der Waals surface area contributed by atoms with Crippen LogP contribution in [0.4, 0.5) is 0 Å². The van der Waals surface area contributed by atoms with Crippen LogP contribution in [-0.4, -0.2) is 9.13 Å². The van der Waals surface area contributed by atoms with E-state index in [1.807, 2.05) is 0 Å². The molecule has 0 bridgehead atoms. The number of fused-ring (bicyclic) bond motifs is 13. The molecule has 0 N–H and O–H groups in total. The SMILES string of the molecule is c1ccc(-n2c3ccccc3c3ccc(-c4cc(-c5ccc6c7ccccc7n(-c7ccccc7)c6c5)cc(-c5ccc6c7c(cc8ccccc8c57)-c5ccc7ccccc7c5-6)c4)cc32)cc1. The average molecular weight is 861 g/mol. The van der Waals surface area contributed by atoms with Crippen molar-refractivity contribution in [1.82, 2.24) is 9.13 Å². The number of benzene rings is 12. The maximum atomic E-state index is 2.44. The van der Waals surface area contributed by atoms with E-state index in [1.54, 1.807) is 0 Å². The Kier molecular flexibility index (Phi) is 7.81. The molecule has 1 aliphatic carbocycles. The van der Waals surface area contributed by atoms with Gasteiger partial charge in [-0.3, -0.25) is 0 Å². The van der Waals surface area contributed by atoms with E-state index >= 15 is 0 Å². The lowest BCUT2D eigenvalue weighted by Gasteiger charge is -2.16. The van der Waals surface area contributed by atoms with Gasteiger partial charge in [0.1, 0.15) is 0 Å². The van der Waals surface area contributed by atoms with Crippen LogP contribution in [0.2, 0.25) is 0 Å². The van der Waals surface area contributed by atoms with Crippen molar-refractivity contribution in [3.63, 3.8) is 0 Å². The van der Waals surface area contributed by atoms with Gasteiger partial charge in [-0.2, -0.15) is 0 Å². The largest absolute Gasteiger partial charge is 0.309 e. The molecule has 14 aromatic rings. The van der Waals surface area contributed by atoms with Gasteiger partial charge in [-0.15, -0.1) is 0 Å². The van der Waals surface area contributed by atoms with E-state index in [0.29, 0.717) is 0 Å². The summed E-state index contributed by atoms with van der Waals surface area (Å²) in [5.41, 5.74) is 19.5. The first-order valence-electron chi connectivity index (χ1n) is 23.6. The molecule has 2 aromatic heterocycles. The molecular weight excluding hydrogens is 821 g/mol. The second kappa shape index (κ2) is 14.3. The summed E-state index contributed by atoms with van der Waals surface area (Å²) >= 11 is 0.